The zero-order valence-corrected chi connectivity index (χ0v) is 10.1. The molecule has 100 valence electrons. The molecule has 0 saturated carbocycles. The van der Waals surface area contributed by atoms with E-state index >= 15 is 0 Å². The van der Waals surface area contributed by atoms with Gasteiger partial charge in [0, 0.05) is 29.6 Å². The van der Waals surface area contributed by atoms with Crippen molar-refractivity contribution in [1.29, 1.82) is 0 Å². The molecule has 0 saturated heterocycles. The molecule has 1 aromatic carbocycles. The van der Waals surface area contributed by atoms with Crippen LogP contribution in [0.15, 0.2) is 30.5 Å². The smallest absolute Gasteiger partial charge is 0.134 e. The molecule has 2 aromatic rings. The Kier molecular flexibility index (Phi) is 3.82. The lowest BCUT2D eigenvalue weighted by molar-refractivity contribution is 0.491. The van der Waals surface area contributed by atoms with Crippen LogP contribution >= 0.6 is 0 Å². The molecule has 0 radical (unpaired) electrons. The van der Waals surface area contributed by atoms with Crippen molar-refractivity contribution in [3.63, 3.8) is 0 Å². The molecule has 1 heterocycles. The SMILES string of the molecule is Cc1ccc(C(NN)c2c(F)cc(F)cc2F)cn1. The topological polar surface area (TPSA) is 50.9 Å². The summed E-state index contributed by atoms with van der Waals surface area (Å²) >= 11 is 0. The third kappa shape index (κ3) is 2.74. The summed E-state index contributed by atoms with van der Waals surface area (Å²) < 4.78 is 40.3. The molecule has 0 aliphatic heterocycles. The monoisotopic (exact) mass is 267 g/mol. The highest BCUT2D eigenvalue weighted by Gasteiger charge is 2.22. The van der Waals surface area contributed by atoms with E-state index < -0.39 is 23.5 Å². The summed E-state index contributed by atoms with van der Waals surface area (Å²) in [6, 6.07) is 3.64. The number of hydrogen-bond donors (Lipinski definition) is 2. The Morgan fingerprint density at radius 1 is 1.16 bits per heavy atom. The fourth-order valence-corrected chi connectivity index (χ4v) is 1.83. The van der Waals surface area contributed by atoms with E-state index in [1.165, 1.54) is 6.20 Å². The van der Waals surface area contributed by atoms with Crippen molar-refractivity contribution in [3.8, 4) is 0 Å². The molecule has 3 N–H and O–H groups in total. The summed E-state index contributed by atoms with van der Waals surface area (Å²) in [7, 11) is 0. The number of aryl methyl sites for hydroxylation is 1. The number of halogens is 3. The third-order valence-electron chi connectivity index (χ3n) is 2.77. The summed E-state index contributed by atoms with van der Waals surface area (Å²) in [4.78, 5) is 4.04. The van der Waals surface area contributed by atoms with Gasteiger partial charge in [-0.3, -0.25) is 10.8 Å². The molecule has 1 unspecified atom stereocenters. The minimum Gasteiger partial charge on any atom is -0.271 e. The van der Waals surface area contributed by atoms with E-state index in [1.807, 2.05) is 0 Å². The molecule has 1 aromatic heterocycles. The molecule has 2 rings (SSSR count). The maximum atomic E-state index is 13.7. The van der Waals surface area contributed by atoms with Gasteiger partial charge < -0.3 is 0 Å². The summed E-state index contributed by atoms with van der Waals surface area (Å²) in [5.74, 6) is 2.37. The average Bonchev–Trinajstić information content (AvgIpc) is 2.35. The number of hydrogen-bond acceptors (Lipinski definition) is 3. The highest BCUT2D eigenvalue weighted by molar-refractivity contribution is 5.33. The van der Waals surface area contributed by atoms with Gasteiger partial charge in [-0.2, -0.15) is 0 Å². The Morgan fingerprint density at radius 3 is 2.26 bits per heavy atom. The number of nitrogens with one attached hydrogen (secondary N) is 1. The Balaban J connectivity index is 2.51. The summed E-state index contributed by atoms with van der Waals surface area (Å²) in [6.07, 6.45) is 1.46. The fourth-order valence-electron chi connectivity index (χ4n) is 1.83. The highest BCUT2D eigenvalue weighted by Crippen LogP contribution is 2.26. The Bertz CT molecular complexity index is 561. The van der Waals surface area contributed by atoms with Gasteiger partial charge >= 0.3 is 0 Å². The maximum absolute atomic E-state index is 13.7. The van der Waals surface area contributed by atoms with E-state index in [0.717, 1.165) is 5.69 Å². The van der Waals surface area contributed by atoms with Gasteiger partial charge in [-0.15, -0.1) is 0 Å². The van der Waals surface area contributed by atoms with Gasteiger partial charge in [-0.05, 0) is 18.6 Å². The quantitative estimate of drug-likeness (QED) is 0.663. The van der Waals surface area contributed by atoms with Gasteiger partial charge in [-0.1, -0.05) is 6.07 Å². The summed E-state index contributed by atoms with van der Waals surface area (Å²) in [5.41, 5.74) is 3.22. The third-order valence-corrected chi connectivity index (χ3v) is 2.77. The van der Waals surface area contributed by atoms with Crippen LogP contribution in [0.1, 0.15) is 22.9 Å². The normalized spacial score (nSPS) is 12.5. The lowest BCUT2D eigenvalue weighted by Crippen LogP contribution is -2.30. The van der Waals surface area contributed by atoms with Crippen LogP contribution in [0, 0.1) is 24.4 Å². The molecular formula is C13H12F3N3. The number of benzene rings is 1. The van der Waals surface area contributed by atoms with Gasteiger partial charge in [0.25, 0.3) is 0 Å². The van der Waals surface area contributed by atoms with Crippen molar-refractivity contribution in [1.82, 2.24) is 10.4 Å². The second-order valence-electron chi connectivity index (χ2n) is 4.12. The number of nitrogens with two attached hydrogens (primary N) is 1. The minimum atomic E-state index is -0.999. The number of nitrogens with zero attached hydrogens (tertiary/aromatic N) is 1. The van der Waals surface area contributed by atoms with Crippen molar-refractivity contribution < 1.29 is 13.2 Å². The molecule has 6 heteroatoms. The van der Waals surface area contributed by atoms with Crippen molar-refractivity contribution in [2.75, 3.05) is 0 Å². The van der Waals surface area contributed by atoms with Crippen LogP contribution in [0.25, 0.3) is 0 Å². The molecule has 0 spiro atoms. The van der Waals surface area contributed by atoms with Gasteiger partial charge in [0.1, 0.15) is 17.5 Å². The molecule has 0 bridgehead atoms. The summed E-state index contributed by atoms with van der Waals surface area (Å²) in [5, 5.41) is 0. The number of rotatable bonds is 3. The predicted octanol–water partition coefficient (Wildman–Crippen LogP) is 2.36. The van der Waals surface area contributed by atoms with Crippen LogP contribution in [0.4, 0.5) is 13.2 Å². The van der Waals surface area contributed by atoms with Gasteiger partial charge in [0.05, 0.1) is 6.04 Å². The van der Waals surface area contributed by atoms with Crippen molar-refractivity contribution in [3.05, 3.63) is 64.7 Å². The number of aromatic nitrogens is 1. The standard InChI is InChI=1S/C13H12F3N3/c1-7-2-3-8(6-18-7)13(19-17)12-10(15)4-9(14)5-11(12)16/h2-6,13,19H,17H2,1H3. The maximum Gasteiger partial charge on any atom is 0.134 e. The predicted molar refractivity (Wildman–Crippen MR) is 64.5 cm³/mol. The number of pyridine rings is 1. The van der Waals surface area contributed by atoms with Gasteiger partial charge in [0.2, 0.25) is 0 Å². The van der Waals surface area contributed by atoms with E-state index in [4.69, 9.17) is 5.84 Å². The van der Waals surface area contributed by atoms with Crippen LogP contribution in [0.3, 0.4) is 0 Å². The lowest BCUT2D eigenvalue weighted by atomic mass is 9.99. The Morgan fingerprint density at radius 2 is 1.79 bits per heavy atom. The molecule has 3 nitrogen and oxygen atoms in total. The zero-order valence-electron chi connectivity index (χ0n) is 10.1. The molecule has 0 aliphatic rings. The van der Waals surface area contributed by atoms with E-state index in [9.17, 15) is 13.2 Å². The molecular weight excluding hydrogens is 255 g/mol. The Labute approximate surface area is 108 Å². The number of hydrazine groups is 1. The van der Waals surface area contributed by atoms with Crippen LogP contribution < -0.4 is 11.3 Å². The zero-order chi connectivity index (χ0) is 14.0. The summed E-state index contributed by atoms with van der Waals surface area (Å²) in [6.45, 7) is 1.79. The fraction of sp³-hybridized carbons (Fsp3) is 0.154. The molecule has 1 atom stereocenters. The van der Waals surface area contributed by atoms with Gasteiger partial charge in [-0.25, -0.2) is 18.6 Å². The average molecular weight is 267 g/mol. The first-order valence-corrected chi connectivity index (χ1v) is 5.56. The first-order chi connectivity index (χ1) is 9.02. The van der Waals surface area contributed by atoms with Crippen LogP contribution in [0.2, 0.25) is 0 Å². The molecule has 19 heavy (non-hydrogen) atoms. The van der Waals surface area contributed by atoms with Crippen molar-refractivity contribution in [2.45, 2.75) is 13.0 Å². The highest BCUT2D eigenvalue weighted by atomic mass is 19.1. The van der Waals surface area contributed by atoms with E-state index in [1.54, 1.807) is 19.1 Å². The molecule has 0 fully saturated rings. The largest absolute Gasteiger partial charge is 0.271 e. The van der Waals surface area contributed by atoms with Crippen molar-refractivity contribution in [2.24, 2.45) is 5.84 Å². The van der Waals surface area contributed by atoms with E-state index in [2.05, 4.69) is 10.4 Å². The van der Waals surface area contributed by atoms with Crippen LogP contribution in [0.5, 0.6) is 0 Å². The second-order valence-corrected chi connectivity index (χ2v) is 4.12. The Hall–Kier alpha value is -1.92. The molecule has 0 aliphatic carbocycles. The second kappa shape index (κ2) is 5.38. The first kappa shape index (κ1) is 13.5. The van der Waals surface area contributed by atoms with Crippen molar-refractivity contribution >= 4 is 0 Å². The van der Waals surface area contributed by atoms with Crippen LogP contribution in [-0.4, -0.2) is 4.98 Å². The minimum absolute atomic E-state index is 0.338. The first-order valence-electron chi connectivity index (χ1n) is 5.56. The van der Waals surface area contributed by atoms with E-state index in [-0.39, 0.29) is 5.56 Å². The van der Waals surface area contributed by atoms with Crippen LogP contribution in [-0.2, 0) is 0 Å². The van der Waals surface area contributed by atoms with E-state index in [0.29, 0.717) is 17.7 Å². The lowest BCUT2D eigenvalue weighted by Gasteiger charge is -2.18. The molecule has 0 amide bonds. The van der Waals surface area contributed by atoms with Gasteiger partial charge in [0.15, 0.2) is 0 Å².